The van der Waals surface area contributed by atoms with Gasteiger partial charge in [0, 0.05) is 5.41 Å². The molecule has 2 aromatic carbocycles. The molecule has 0 aromatic heterocycles. The number of rotatable bonds is 4. The van der Waals surface area contributed by atoms with Crippen molar-refractivity contribution in [3.05, 3.63) is 86.6 Å². The normalized spacial score (nSPS) is 29.3. The molecule has 0 amide bonds. The monoisotopic (exact) mass is 602 g/mol. The first-order valence-electron chi connectivity index (χ1n) is 13.9. The Bertz CT molecular complexity index is 818. The van der Waals surface area contributed by atoms with Crippen LogP contribution in [0.3, 0.4) is 0 Å². The van der Waals surface area contributed by atoms with Crippen molar-refractivity contribution in [2.24, 2.45) is 35.5 Å². The van der Waals surface area contributed by atoms with Crippen LogP contribution in [0.4, 0.5) is 0 Å². The fourth-order valence-corrected chi connectivity index (χ4v) is 9.43. The zero-order chi connectivity index (χ0) is 23.4. The van der Waals surface area contributed by atoms with E-state index in [1.165, 1.54) is 77.0 Å². The van der Waals surface area contributed by atoms with Gasteiger partial charge in [0.05, 0.1) is 0 Å². The quantitative estimate of drug-likeness (QED) is 0.305. The first-order chi connectivity index (χ1) is 16.8. The van der Waals surface area contributed by atoms with Crippen molar-refractivity contribution in [3.8, 4) is 0 Å². The average Bonchev–Trinajstić information content (AvgIpc) is 3.55. The van der Waals surface area contributed by atoms with E-state index in [4.69, 9.17) is 17.0 Å². The zero-order valence-corrected chi connectivity index (χ0v) is 26.4. The maximum absolute atomic E-state index is 4.93. The number of benzene rings is 2. The van der Waals surface area contributed by atoms with Gasteiger partial charge in [-0.3, -0.25) is 0 Å². The van der Waals surface area contributed by atoms with Gasteiger partial charge in [0.1, 0.15) is 0 Å². The minimum absolute atomic E-state index is 0. The van der Waals surface area contributed by atoms with Crippen LogP contribution in [0, 0.1) is 50.4 Å². The topological polar surface area (TPSA) is 0 Å². The zero-order valence-electron chi connectivity index (χ0n) is 22.5. The molecule has 6 rings (SSSR count). The molecule has 0 aliphatic heterocycles. The molecule has 36 heavy (non-hydrogen) atoms. The second-order valence-corrected chi connectivity index (χ2v) is 15.1. The van der Waals surface area contributed by atoms with Gasteiger partial charge in [-0.05, 0) is 85.2 Å². The van der Waals surface area contributed by atoms with E-state index in [9.17, 15) is 0 Å². The van der Waals surface area contributed by atoms with Gasteiger partial charge >= 0.3 is 37.9 Å². The van der Waals surface area contributed by atoms with Gasteiger partial charge in [-0.15, -0.1) is 0 Å². The van der Waals surface area contributed by atoms with Gasteiger partial charge in [-0.25, -0.2) is 0 Å². The van der Waals surface area contributed by atoms with Crippen LogP contribution in [0.2, 0.25) is 0 Å². The van der Waals surface area contributed by atoms with E-state index in [-0.39, 0.29) is 20.3 Å². The molecule has 0 spiro atoms. The standard InChI is InChI=1S/C31H40.2CH3.2ClH.Zr/c1-3-13-23(14-4-1)31(25-17-7-8-18-25,24-15-5-2-6-16-24)30-28-21-11-9-19-26(28)27-20-10-12-22-29(27)30;;;;;/h1-6,13-16,25-30H,7-12,17-22H2;2*1H3;2*1H;/q;2*-1;;;+4/p-2. The SMILES string of the molecule is [CH3-].[CH3-].[Cl][Zr+2][Cl].c1ccc(C(c2ccccc2)(C2CCCC2)C2C3CCCCC3C3CCCCC32)cc1. The summed E-state index contributed by atoms with van der Waals surface area (Å²) in [7, 11) is 9.87. The van der Waals surface area contributed by atoms with Gasteiger partial charge in [0.25, 0.3) is 0 Å². The number of halogens is 2. The van der Waals surface area contributed by atoms with Gasteiger partial charge in [-0.1, -0.05) is 99.2 Å². The van der Waals surface area contributed by atoms with E-state index in [2.05, 4.69) is 60.7 Å². The van der Waals surface area contributed by atoms with Crippen molar-refractivity contribution in [1.29, 1.82) is 0 Å². The predicted octanol–water partition coefficient (Wildman–Crippen LogP) is 10.7. The minimum atomic E-state index is -0.826. The number of hydrogen-bond donors (Lipinski definition) is 0. The Morgan fingerprint density at radius 2 is 0.861 bits per heavy atom. The van der Waals surface area contributed by atoms with Crippen molar-refractivity contribution in [2.75, 3.05) is 0 Å². The van der Waals surface area contributed by atoms with Crippen molar-refractivity contribution in [1.82, 2.24) is 0 Å². The molecule has 0 N–H and O–H groups in total. The second kappa shape index (κ2) is 14.3. The summed E-state index contributed by atoms with van der Waals surface area (Å²) in [6.07, 6.45) is 17.7. The molecule has 0 bridgehead atoms. The third-order valence-corrected chi connectivity index (χ3v) is 10.3. The molecule has 0 radical (unpaired) electrons. The van der Waals surface area contributed by atoms with Crippen LogP contribution in [0.15, 0.2) is 60.7 Å². The Labute approximate surface area is 241 Å². The molecule has 4 unspecified atom stereocenters. The molecule has 4 atom stereocenters. The van der Waals surface area contributed by atoms with Crippen LogP contribution < -0.4 is 0 Å². The summed E-state index contributed by atoms with van der Waals surface area (Å²) >= 11 is -0.826. The number of fused-ring (bicyclic) bond motifs is 3. The van der Waals surface area contributed by atoms with Crippen LogP contribution in [0.1, 0.15) is 88.2 Å². The van der Waals surface area contributed by atoms with Crippen LogP contribution in [0.25, 0.3) is 0 Å². The summed E-state index contributed by atoms with van der Waals surface area (Å²) in [4.78, 5) is 0. The summed E-state index contributed by atoms with van der Waals surface area (Å²) in [5.74, 6) is 5.57. The third kappa shape index (κ3) is 5.61. The molecular formula is C33H46Cl2Zr. The van der Waals surface area contributed by atoms with E-state index >= 15 is 0 Å². The minimum Gasteiger partial charge on any atom is -0.0622 e. The summed E-state index contributed by atoms with van der Waals surface area (Å²) < 4.78 is 0. The summed E-state index contributed by atoms with van der Waals surface area (Å²) in [5.41, 5.74) is 3.51. The molecular weight excluding hydrogens is 558 g/mol. The second-order valence-electron chi connectivity index (χ2n) is 11.4. The molecule has 0 nitrogen and oxygen atoms in total. The molecule has 0 heterocycles. The van der Waals surface area contributed by atoms with E-state index in [0.29, 0.717) is 0 Å². The molecule has 2 aromatic rings. The van der Waals surface area contributed by atoms with Crippen LogP contribution in [-0.4, -0.2) is 0 Å². The van der Waals surface area contributed by atoms with Gasteiger partial charge in [-0.2, -0.15) is 0 Å². The molecule has 4 fully saturated rings. The summed E-state index contributed by atoms with van der Waals surface area (Å²) in [6, 6.07) is 23.8. The molecule has 4 aliphatic rings. The van der Waals surface area contributed by atoms with Crippen molar-refractivity contribution >= 4 is 17.0 Å². The van der Waals surface area contributed by atoms with Crippen LogP contribution >= 0.6 is 17.0 Å². The molecule has 196 valence electrons. The Kier molecular flexibility index (Phi) is 12.1. The summed E-state index contributed by atoms with van der Waals surface area (Å²) in [6.45, 7) is 0. The van der Waals surface area contributed by atoms with E-state index in [1.54, 1.807) is 11.1 Å². The van der Waals surface area contributed by atoms with E-state index in [0.717, 1.165) is 35.5 Å². The van der Waals surface area contributed by atoms with Gasteiger partial charge in [0.15, 0.2) is 0 Å². The largest absolute Gasteiger partial charge is 0.0622 e. The number of hydrogen-bond acceptors (Lipinski definition) is 0. The van der Waals surface area contributed by atoms with Crippen LogP contribution in [0.5, 0.6) is 0 Å². The Hall–Kier alpha value is -0.0969. The Balaban J connectivity index is 0.000000690. The smallest absolute Gasteiger partial charge is 0.0264 e. The average molecular weight is 605 g/mol. The van der Waals surface area contributed by atoms with Crippen LogP contribution in [-0.2, 0) is 26.3 Å². The van der Waals surface area contributed by atoms with E-state index < -0.39 is 20.8 Å². The molecule has 4 saturated carbocycles. The van der Waals surface area contributed by atoms with Gasteiger partial charge < -0.3 is 14.9 Å². The van der Waals surface area contributed by atoms with E-state index in [1.807, 2.05) is 0 Å². The fraction of sp³-hybridized carbons (Fsp3) is 0.576. The summed E-state index contributed by atoms with van der Waals surface area (Å²) in [5, 5.41) is 0. The Morgan fingerprint density at radius 1 is 0.528 bits per heavy atom. The first-order valence-corrected chi connectivity index (χ1v) is 20.2. The van der Waals surface area contributed by atoms with Gasteiger partial charge in [0.2, 0.25) is 0 Å². The predicted molar refractivity (Wildman–Crippen MR) is 155 cm³/mol. The van der Waals surface area contributed by atoms with Crippen molar-refractivity contribution < 1.29 is 20.8 Å². The maximum atomic E-state index is 4.93. The molecule has 3 heteroatoms. The maximum Gasteiger partial charge on any atom is 0.0264 e. The van der Waals surface area contributed by atoms with Crippen molar-refractivity contribution in [2.45, 2.75) is 82.5 Å². The Morgan fingerprint density at radius 3 is 1.25 bits per heavy atom. The third-order valence-electron chi connectivity index (χ3n) is 10.3. The fourth-order valence-electron chi connectivity index (χ4n) is 9.43. The van der Waals surface area contributed by atoms with Crippen molar-refractivity contribution in [3.63, 3.8) is 0 Å². The molecule has 4 aliphatic carbocycles. The molecule has 0 saturated heterocycles. The first kappa shape index (κ1) is 30.4.